The first-order valence-corrected chi connectivity index (χ1v) is 5.98. The Kier molecular flexibility index (Phi) is 6.21. The number of rotatable bonds is 7. The maximum absolute atomic E-state index is 13.2. The Bertz CT molecular complexity index is 425. The Morgan fingerprint density at radius 3 is 2.74 bits per heavy atom. The Morgan fingerprint density at radius 1 is 1.37 bits per heavy atom. The molecule has 1 amide bonds. The topological polar surface area (TPSA) is 41.6 Å². The summed E-state index contributed by atoms with van der Waals surface area (Å²) in [5, 5.41) is 2.65. The lowest BCUT2D eigenvalue weighted by Gasteiger charge is -2.10. The van der Waals surface area contributed by atoms with E-state index in [-0.39, 0.29) is 18.3 Å². The fourth-order valence-corrected chi connectivity index (χ4v) is 1.41. The van der Waals surface area contributed by atoms with Crippen LogP contribution in [-0.2, 0) is 4.79 Å². The largest absolute Gasteiger partial charge is 0.481 e. The molecule has 1 aromatic rings. The van der Waals surface area contributed by atoms with E-state index in [2.05, 4.69) is 5.32 Å². The number of carbonyl (C=O) groups excluding carboxylic acids is 1. The second-order valence-electron chi connectivity index (χ2n) is 4.37. The highest BCUT2D eigenvalue weighted by atomic mass is 19.1. The minimum absolute atomic E-state index is 0.134. The lowest BCUT2D eigenvalue weighted by atomic mass is 10.3. The highest BCUT2D eigenvalue weighted by molar-refractivity contribution is 5.77. The van der Waals surface area contributed by atoms with Crippen molar-refractivity contribution in [2.24, 2.45) is 0 Å². The molecule has 0 saturated heterocycles. The van der Waals surface area contributed by atoms with Gasteiger partial charge in [0.15, 0.2) is 18.2 Å². The lowest BCUT2D eigenvalue weighted by molar-refractivity contribution is -0.123. The van der Waals surface area contributed by atoms with Gasteiger partial charge in [0.1, 0.15) is 5.82 Å². The Morgan fingerprint density at radius 2 is 2.11 bits per heavy atom. The van der Waals surface area contributed by atoms with Crippen LogP contribution in [0.1, 0.15) is 6.42 Å². The fourth-order valence-electron chi connectivity index (χ4n) is 1.41. The van der Waals surface area contributed by atoms with Crippen molar-refractivity contribution in [3.63, 3.8) is 0 Å². The molecule has 0 bridgehead atoms. The summed E-state index contributed by atoms with van der Waals surface area (Å²) in [6.07, 6.45) is 0.823. The molecule has 1 aromatic carbocycles. The summed E-state index contributed by atoms with van der Waals surface area (Å²) >= 11 is 0. The minimum atomic E-state index is -0.819. The van der Waals surface area contributed by atoms with Gasteiger partial charge < -0.3 is 15.0 Å². The molecule has 0 unspecified atom stereocenters. The number of halogens is 2. The predicted molar refractivity (Wildman–Crippen MR) is 68.0 cm³/mol. The molecular formula is C13H18F2N2O2. The molecule has 0 atom stereocenters. The maximum atomic E-state index is 13.2. The first kappa shape index (κ1) is 15.4. The molecule has 0 heterocycles. The lowest BCUT2D eigenvalue weighted by Crippen LogP contribution is -2.31. The van der Waals surface area contributed by atoms with Crippen molar-refractivity contribution in [3.8, 4) is 5.75 Å². The van der Waals surface area contributed by atoms with E-state index in [0.717, 1.165) is 25.1 Å². The van der Waals surface area contributed by atoms with Crippen LogP contribution in [0.15, 0.2) is 18.2 Å². The van der Waals surface area contributed by atoms with E-state index in [9.17, 15) is 13.6 Å². The van der Waals surface area contributed by atoms with E-state index in [1.54, 1.807) is 0 Å². The molecule has 0 spiro atoms. The van der Waals surface area contributed by atoms with Crippen LogP contribution in [0.5, 0.6) is 5.75 Å². The van der Waals surface area contributed by atoms with Crippen LogP contribution in [0.4, 0.5) is 8.78 Å². The zero-order valence-corrected chi connectivity index (χ0v) is 11.1. The van der Waals surface area contributed by atoms with Gasteiger partial charge >= 0.3 is 0 Å². The van der Waals surface area contributed by atoms with Crippen molar-refractivity contribution in [1.29, 1.82) is 0 Å². The van der Waals surface area contributed by atoms with Gasteiger partial charge in [-0.15, -0.1) is 0 Å². The van der Waals surface area contributed by atoms with E-state index < -0.39 is 11.6 Å². The van der Waals surface area contributed by atoms with Gasteiger partial charge in [0, 0.05) is 12.6 Å². The predicted octanol–water partition coefficient (Wildman–Crippen LogP) is 1.41. The standard InChI is InChI=1S/C13H18F2N2O2/c1-17(2)7-3-6-16-13(18)9-19-12-5-4-10(14)8-11(12)15/h4-5,8H,3,6-7,9H2,1-2H3,(H,16,18). The summed E-state index contributed by atoms with van der Waals surface area (Å²) in [6.45, 7) is 1.12. The molecule has 0 aliphatic carbocycles. The Balaban J connectivity index is 2.26. The van der Waals surface area contributed by atoms with Gasteiger partial charge in [0.2, 0.25) is 0 Å². The van der Waals surface area contributed by atoms with Crippen molar-refractivity contribution in [2.45, 2.75) is 6.42 Å². The Labute approximate surface area is 111 Å². The third-order valence-corrected chi connectivity index (χ3v) is 2.36. The zero-order valence-electron chi connectivity index (χ0n) is 11.1. The van der Waals surface area contributed by atoms with Crippen molar-refractivity contribution in [2.75, 3.05) is 33.8 Å². The van der Waals surface area contributed by atoms with Gasteiger partial charge in [-0.1, -0.05) is 0 Å². The van der Waals surface area contributed by atoms with Gasteiger partial charge in [-0.3, -0.25) is 4.79 Å². The van der Waals surface area contributed by atoms with Crippen molar-refractivity contribution in [1.82, 2.24) is 10.2 Å². The summed E-state index contributed by atoms with van der Waals surface area (Å²) in [4.78, 5) is 13.4. The average Bonchev–Trinajstić information content (AvgIpc) is 2.33. The monoisotopic (exact) mass is 272 g/mol. The van der Waals surface area contributed by atoms with Crippen molar-refractivity contribution in [3.05, 3.63) is 29.8 Å². The molecule has 19 heavy (non-hydrogen) atoms. The van der Waals surface area contributed by atoms with Gasteiger partial charge in [-0.2, -0.15) is 0 Å². The first-order valence-electron chi connectivity index (χ1n) is 5.98. The molecule has 0 saturated carbocycles. The zero-order chi connectivity index (χ0) is 14.3. The maximum Gasteiger partial charge on any atom is 0.257 e. The molecule has 0 aromatic heterocycles. The van der Waals surface area contributed by atoms with Crippen molar-refractivity contribution < 1.29 is 18.3 Å². The van der Waals surface area contributed by atoms with E-state index in [4.69, 9.17) is 4.74 Å². The molecule has 106 valence electrons. The molecule has 0 fully saturated rings. The average molecular weight is 272 g/mol. The number of benzene rings is 1. The molecule has 6 heteroatoms. The fraction of sp³-hybridized carbons (Fsp3) is 0.462. The van der Waals surface area contributed by atoms with E-state index in [0.29, 0.717) is 12.6 Å². The highest BCUT2D eigenvalue weighted by Gasteiger charge is 2.07. The number of hydrogen-bond donors (Lipinski definition) is 1. The van der Waals surface area contributed by atoms with Crippen LogP contribution in [0.2, 0.25) is 0 Å². The van der Waals surface area contributed by atoms with Crippen LogP contribution >= 0.6 is 0 Å². The summed E-state index contributed by atoms with van der Waals surface area (Å²) < 4.78 is 30.8. The smallest absolute Gasteiger partial charge is 0.257 e. The summed E-state index contributed by atoms with van der Waals surface area (Å²) in [5.41, 5.74) is 0. The van der Waals surface area contributed by atoms with E-state index >= 15 is 0 Å². The number of amides is 1. The van der Waals surface area contributed by atoms with Crippen LogP contribution in [-0.4, -0.2) is 44.6 Å². The van der Waals surface area contributed by atoms with Gasteiger partial charge in [-0.25, -0.2) is 8.78 Å². The molecule has 0 aliphatic heterocycles. The quantitative estimate of drug-likeness (QED) is 0.763. The molecular weight excluding hydrogens is 254 g/mol. The normalized spacial score (nSPS) is 10.6. The number of ether oxygens (including phenoxy) is 1. The summed E-state index contributed by atoms with van der Waals surface area (Å²) in [5.74, 6) is -1.97. The van der Waals surface area contributed by atoms with Gasteiger partial charge in [-0.05, 0) is 39.2 Å². The van der Waals surface area contributed by atoms with E-state index in [1.165, 1.54) is 0 Å². The number of nitrogens with one attached hydrogen (secondary N) is 1. The number of hydrogen-bond acceptors (Lipinski definition) is 3. The first-order chi connectivity index (χ1) is 8.99. The van der Waals surface area contributed by atoms with E-state index in [1.807, 2.05) is 19.0 Å². The van der Waals surface area contributed by atoms with Crippen LogP contribution < -0.4 is 10.1 Å². The third-order valence-electron chi connectivity index (χ3n) is 2.36. The highest BCUT2D eigenvalue weighted by Crippen LogP contribution is 2.17. The molecule has 0 radical (unpaired) electrons. The molecule has 0 aliphatic rings. The number of carbonyl (C=O) groups is 1. The third kappa shape index (κ3) is 6.15. The SMILES string of the molecule is CN(C)CCCNC(=O)COc1ccc(F)cc1F. The van der Waals surface area contributed by atoms with Crippen molar-refractivity contribution >= 4 is 5.91 Å². The van der Waals surface area contributed by atoms with Gasteiger partial charge in [0.25, 0.3) is 5.91 Å². The second-order valence-corrected chi connectivity index (χ2v) is 4.37. The van der Waals surface area contributed by atoms with Crippen LogP contribution in [0.3, 0.4) is 0 Å². The minimum Gasteiger partial charge on any atom is -0.481 e. The van der Waals surface area contributed by atoms with Crippen LogP contribution in [0.25, 0.3) is 0 Å². The molecule has 1 rings (SSSR count). The van der Waals surface area contributed by atoms with Crippen LogP contribution in [0, 0.1) is 11.6 Å². The Hall–Kier alpha value is -1.69. The molecule has 1 N–H and O–H groups in total. The summed E-state index contributed by atoms with van der Waals surface area (Å²) in [6, 6.07) is 2.95. The number of nitrogens with zero attached hydrogens (tertiary/aromatic N) is 1. The molecule has 4 nitrogen and oxygen atoms in total. The van der Waals surface area contributed by atoms with Gasteiger partial charge in [0.05, 0.1) is 0 Å². The summed E-state index contributed by atoms with van der Waals surface area (Å²) in [7, 11) is 3.89. The second kappa shape index (κ2) is 7.68.